The van der Waals surface area contributed by atoms with E-state index in [-0.39, 0.29) is 6.42 Å². The molecule has 0 aliphatic carbocycles. The first-order valence-electron chi connectivity index (χ1n) is 6.56. The number of aliphatic hydroxyl groups is 2. The SMILES string of the molecule is CC(C)(C)N(C(=O)O)C(CO)(CO)Cc1ccccc1. The molecule has 0 heterocycles. The topological polar surface area (TPSA) is 81.0 Å². The van der Waals surface area contributed by atoms with Gasteiger partial charge in [-0.25, -0.2) is 4.79 Å². The van der Waals surface area contributed by atoms with E-state index in [0.717, 1.165) is 10.5 Å². The number of nitrogens with zero attached hydrogens (tertiary/aromatic N) is 1. The second kappa shape index (κ2) is 6.24. The van der Waals surface area contributed by atoms with Gasteiger partial charge in [-0.2, -0.15) is 0 Å². The maximum Gasteiger partial charge on any atom is 0.408 e. The van der Waals surface area contributed by atoms with Gasteiger partial charge < -0.3 is 15.3 Å². The maximum absolute atomic E-state index is 11.6. The average Bonchev–Trinajstić information content (AvgIpc) is 2.37. The first kappa shape index (κ1) is 16.5. The normalized spacial score (nSPS) is 12.2. The van der Waals surface area contributed by atoms with Gasteiger partial charge in [0.25, 0.3) is 0 Å². The Hall–Kier alpha value is -1.59. The molecule has 1 aromatic rings. The Balaban J connectivity index is 3.22. The third-order valence-corrected chi connectivity index (χ3v) is 3.30. The molecule has 0 aromatic heterocycles. The van der Waals surface area contributed by atoms with Crippen molar-refractivity contribution in [3.63, 3.8) is 0 Å². The van der Waals surface area contributed by atoms with Gasteiger partial charge in [0.05, 0.1) is 18.8 Å². The molecule has 0 aliphatic heterocycles. The van der Waals surface area contributed by atoms with Crippen LogP contribution in [0.5, 0.6) is 0 Å². The van der Waals surface area contributed by atoms with Crippen molar-refractivity contribution in [2.45, 2.75) is 38.3 Å². The summed E-state index contributed by atoms with van der Waals surface area (Å²) in [6.45, 7) is 4.34. The van der Waals surface area contributed by atoms with Crippen molar-refractivity contribution in [3.05, 3.63) is 35.9 Å². The largest absolute Gasteiger partial charge is 0.465 e. The molecule has 0 aliphatic rings. The smallest absolute Gasteiger partial charge is 0.408 e. The highest BCUT2D eigenvalue weighted by Gasteiger charge is 2.45. The molecule has 5 heteroatoms. The summed E-state index contributed by atoms with van der Waals surface area (Å²) in [5.41, 5.74) is -1.11. The molecule has 0 bridgehead atoms. The average molecular weight is 281 g/mol. The fraction of sp³-hybridized carbons (Fsp3) is 0.533. The number of hydrogen-bond donors (Lipinski definition) is 3. The predicted molar refractivity (Wildman–Crippen MR) is 76.7 cm³/mol. The molecular formula is C15H23NO4. The van der Waals surface area contributed by atoms with Gasteiger partial charge in [0.15, 0.2) is 0 Å². The zero-order valence-electron chi connectivity index (χ0n) is 12.2. The lowest BCUT2D eigenvalue weighted by molar-refractivity contribution is -0.0450. The number of carbonyl (C=O) groups is 1. The fourth-order valence-electron chi connectivity index (χ4n) is 2.56. The summed E-state index contributed by atoms with van der Waals surface area (Å²) in [5.74, 6) is 0. The molecule has 0 saturated carbocycles. The Morgan fingerprint density at radius 1 is 1.10 bits per heavy atom. The van der Waals surface area contributed by atoms with Crippen LogP contribution >= 0.6 is 0 Å². The Labute approximate surface area is 119 Å². The minimum Gasteiger partial charge on any atom is -0.465 e. The highest BCUT2D eigenvalue weighted by Crippen LogP contribution is 2.28. The summed E-state index contributed by atoms with van der Waals surface area (Å²) < 4.78 is 0. The third kappa shape index (κ3) is 3.49. The number of benzene rings is 1. The third-order valence-electron chi connectivity index (χ3n) is 3.30. The van der Waals surface area contributed by atoms with Gasteiger partial charge in [-0.05, 0) is 26.3 Å². The van der Waals surface area contributed by atoms with Crippen molar-refractivity contribution in [3.8, 4) is 0 Å². The van der Waals surface area contributed by atoms with Gasteiger partial charge in [0.2, 0.25) is 0 Å². The maximum atomic E-state index is 11.6. The Morgan fingerprint density at radius 3 is 1.95 bits per heavy atom. The lowest BCUT2D eigenvalue weighted by atomic mass is 9.86. The van der Waals surface area contributed by atoms with Crippen molar-refractivity contribution in [1.82, 2.24) is 4.90 Å². The van der Waals surface area contributed by atoms with E-state index in [2.05, 4.69) is 0 Å². The molecule has 112 valence electrons. The van der Waals surface area contributed by atoms with Crippen LogP contribution in [0.15, 0.2) is 30.3 Å². The van der Waals surface area contributed by atoms with Crippen molar-refractivity contribution < 1.29 is 20.1 Å². The zero-order valence-corrected chi connectivity index (χ0v) is 12.2. The molecule has 0 fully saturated rings. The minimum absolute atomic E-state index is 0.254. The molecule has 0 saturated heterocycles. The number of aliphatic hydroxyl groups excluding tert-OH is 2. The molecule has 0 unspecified atom stereocenters. The van der Waals surface area contributed by atoms with Crippen LogP contribution in [0.3, 0.4) is 0 Å². The molecule has 1 rings (SSSR count). The van der Waals surface area contributed by atoms with Gasteiger partial charge in [0, 0.05) is 12.0 Å². The van der Waals surface area contributed by atoms with Gasteiger partial charge in [0.1, 0.15) is 0 Å². The molecule has 5 nitrogen and oxygen atoms in total. The second-order valence-electron chi connectivity index (χ2n) is 5.99. The standard InChI is InChI=1S/C15H23NO4/c1-14(2,3)16(13(19)20)15(10-17,11-18)9-12-7-5-4-6-8-12/h4-8,17-18H,9-11H2,1-3H3,(H,19,20). The van der Waals surface area contributed by atoms with Crippen LogP contribution in [0, 0.1) is 0 Å². The number of rotatable bonds is 5. The van der Waals surface area contributed by atoms with Crippen molar-refractivity contribution in [1.29, 1.82) is 0 Å². The van der Waals surface area contributed by atoms with Crippen LogP contribution in [-0.2, 0) is 6.42 Å². The summed E-state index contributed by atoms with van der Waals surface area (Å²) >= 11 is 0. The van der Waals surface area contributed by atoms with Gasteiger partial charge >= 0.3 is 6.09 Å². The first-order valence-corrected chi connectivity index (χ1v) is 6.56. The van der Waals surface area contributed by atoms with Crippen LogP contribution in [-0.4, -0.2) is 50.6 Å². The van der Waals surface area contributed by atoms with Gasteiger partial charge in [-0.1, -0.05) is 30.3 Å². The van der Waals surface area contributed by atoms with Crippen molar-refractivity contribution in [2.75, 3.05) is 13.2 Å². The molecule has 3 N–H and O–H groups in total. The molecule has 0 spiro atoms. The lowest BCUT2D eigenvalue weighted by Crippen LogP contribution is -2.64. The van der Waals surface area contributed by atoms with Gasteiger partial charge in [-0.15, -0.1) is 0 Å². The molecule has 20 heavy (non-hydrogen) atoms. The fourth-order valence-corrected chi connectivity index (χ4v) is 2.56. The zero-order chi connectivity index (χ0) is 15.4. The molecule has 1 aromatic carbocycles. The van der Waals surface area contributed by atoms with Gasteiger partial charge in [-0.3, -0.25) is 4.90 Å². The lowest BCUT2D eigenvalue weighted by Gasteiger charge is -2.47. The van der Waals surface area contributed by atoms with E-state index in [1.165, 1.54) is 0 Å². The predicted octanol–water partition coefficient (Wildman–Crippen LogP) is 1.73. The Bertz CT molecular complexity index is 435. The van der Waals surface area contributed by atoms with Crippen LogP contribution in [0.1, 0.15) is 26.3 Å². The summed E-state index contributed by atoms with van der Waals surface area (Å²) in [5, 5.41) is 29.0. The van der Waals surface area contributed by atoms with E-state index < -0.39 is 30.4 Å². The van der Waals surface area contributed by atoms with E-state index >= 15 is 0 Å². The quantitative estimate of drug-likeness (QED) is 0.768. The Morgan fingerprint density at radius 2 is 1.60 bits per heavy atom. The highest BCUT2D eigenvalue weighted by atomic mass is 16.4. The second-order valence-corrected chi connectivity index (χ2v) is 5.99. The van der Waals surface area contributed by atoms with E-state index in [1.807, 2.05) is 30.3 Å². The summed E-state index contributed by atoms with van der Waals surface area (Å²) in [6.07, 6.45) is -0.902. The van der Waals surface area contributed by atoms with E-state index in [0.29, 0.717) is 0 Å². The van der Waals surface area contributed by atoms with Crippen LogP contribution < -0.4 is 0 Å². The number of amides is 1. The van der Waals surface area contributed by atoms with Crippen molar-refractivity contribution in [2.24, 2.45) is 0 Å². The summed E-state index contributed by atoms with van der Waals surface area (Å²) in [4.78, 5) is 12.8. The number of hydrogen-bond acceptors (Lipinski definition) is 3. The number of carboxylic acid groups (broad SMARTS) is 1. The monoisotopic (exact) mass is 281 g/mol. The first-order chi connectivity index (χ1) is 9.27. The minimum atomic E-state index is -1.24. The van der Waals surface area contributed by atoms with E-state index in [9.17, 15) is 20.1 Å². The molecule has 0 atom stereocenters. The van der Waals surface area contributed by atoms with Crippen molar-refractivity contribution >= 4 is 6.09 Å². The van der Waals surface area contributed by atoms with E-state index in [1.54, 1.807) is 20.8 Å². The van der Waals surface area contributed by atoms with Crippen LogP contribution in [0.4, 0.5) is 4.79 Å². The van der Waals surface area contributed by atoms with E-state index in [4.69, 9.17) is 0 Å². The van der Waals surface area contributed by atoms with Crippen LogP contribution in [0.2, 0.25) is 0 Å². The van der Waals surface area contributed by atoms with Crippen LogP contribution in [0.25, 0.3) is 0 Å². The molecule has 1 amide bonds. The Kier molecular flexibility index (Phi) is 5.14. The molecular weight excluding hydrogens is 258 g/mol. The molecule has 0 radical (unpaired) electrons. The summed E-state index contributed by atoms with van der Waals surface area (Å²) in [7, 11) is 0. The summed E-state index contributed by atoms with van der Waals surface area (Å²) in [6, 6.07) is 9.25. The highest BCUT2D eigenvalue weighted by molar-refractivity contribution is 5.67.